The van der Waals surface area contributed by atoms with E-state index in [0.717, 1.165) is 12.0 Å². The largest absolute Gasteiger partial charge is 0.490 e. The average molecular weight is 450 g/mol. The molecule has 9 heteroatoms. The minimum atomic E-state index is -1.06. The number of hydrogen-bond donors (Lipinski definition) is 1. The Morgan fingerprint density at radius 3 is 2.76 bits per heavy atom. The van der Waals surface area contributed by atoms with Gasteiger partial charge in [-0.3, -0.25) is 10.1 Å². The van der Waals surface area contributed by atoms with Gasteiger partial charge in [0.05, 0.1) is 17.2 Å². The molecule has 1 aromatic heterocycles. The molecule has 2 heterocycles. The number of nitro groups is 1. The number of hydrogen-bond acceptors (Lipinski definition) is 7. The summed E-state index contributed by atoms with van der Waals surface area (Å²) in [5, 5.41) is 26.6. The molecule has 9 nitrogen and oxygen atoms in total. The molecular weight excluding hydrogens is 424 g/mol. The monoisotopic (exact) mass is 450 g/mol. The molecule has 1 N–H and O–H groups in total. The van der Waals surface area contributed by atoms with E-state index in [0.29, 0.717) is 41.4 Å². The summed E-state index contributed by atoms with van der Waals surface area (Å²) < 4.78 is 13.5. The van der Waals surface area contributed by atoms with Crippen LogP contribution in [-0.2, 0) is 6.42 Å². The Bertz CT molecular complexity index is 1170. The zero-order chi connectivity index (χ0) is 23.6. The molecule has 0 fully saturated rings. The van der Waals surface area contributed by atoms with E-state index in [1.54, 1.807) is 24.3 Å². The molecule has 0 spiro atoms. The Hall–Kier alpha value is -3.72. The van der Waals surface area contributed by atoms with Crippen LogP contribution >= 0.6 is 0 Å². The lowest BCUT2D eigenvalue weighted by molar-refractivity contribution is -0.384. The fraction of sp³-hybridized carbons (Fsp3) is 0.333. The van der Waals surface area contributed by atoms with Gasteiger partial charge in [-0.05, 0) is 61.7 Å². The lowest BCUT2D eigenvalue weighted by Crippen LogP contribution is -2.24. The van der Waals surface area contributed by atoms with Crippen molar-refractivity contribution in [1.82, 2.24) is 14.8 Å². The van der Waals surface area contributed by atoms with Crippen LogP contribution in [0.5, 0.6) is 11.5 Å². The van der Waals surface area contributed by atoms with Gasteiger partial charge in [0.15, 0.2) is 11.5 Å². The number of aromatic nitrogens is 3. The maximum atomic E-state index is 11.4. The summed E-state index contributed by atoms with van der Waals surface area (Å²) in [7, 11) is 0. The van der Waals surface area contributed by atoms with Gasteiger partial charge in [0, 0.05) is 24.1 Å². The number of nitrogens with zero attached hydrogens (tertiary/aromatic N) is 4. The Balaban J connectivity index is 1.75. The second kappa shape index (κ2) is 9.03. The van der Waals surface area contributed by atoms with Crippen molar-refractivity contribution in [3.8, 4) is 11.5 Å². The Kier molecular flexibility index (Phi) is 6.15. The number of ether oxygens (including phenoxy) is 2. The van der Waals surface area contributed by atoms with Gasteiger partial charge in [-0.25, -0.2) is 9.67 Å². The molecule has 3 aromatic rings. The van der Waals surface area contributed by atoms with Gasteiger partial charge >= 0.3 is 0 Å². The van der Waals surface area contributed by atoms with Gasteiger partial charge in [-0.2, -0.15) is 5.10 Å². The van der Waals surface area contributed by atoms with E-state index in [1.165, 1.54) is 29.5 Å². The maximum absolute atomic E-state index is 11.4. The molecular formula is C24H26N4O5. The van der Waals surface area contributed by atoms with Crippen LogP contribution in [0.25, 0.3) is 11.8 Å². The van der Waals surface area contributed by atoms with Gasteiger partial charge in [0.2, 0.25) is 0 Å². The molecule has 0 bridgehead atoms. The third-order valence-corrected chi connectivity index (χ3v) is 5.31. The first kappa shape index (κ1) is 22.5. The van der Waals surface area contributed by atoms with Gasteiger partial charge in [-0.15, -0.1) is 0 Å². The highest BCUT2D eigenvalue weighted by Gasteiger charge is 2.34. The normalized spacial score (nSPS) is 15.6. The van der Waals surface area contributed by atoms with Crippen LogP contribution < -0.4 is 9.47 Å². The average Bonchev–Trinajstić information content (AvgIpc) is 3.42. The van der Waals surface area contributed by atoms with Crippen molar-refractivity contribution in [3.63, 3.8) is 0 Å². The van der Waals surface area contributed by atoms with E-state index in [-0.39, 0.29) is 11.3 Å². The number of fused-ring (bicyclic) bond motifs is 1. The van der Waals surface area contributed by atoms with Crippen LogP contribution in [0.3, 0.4) is 0 Å². The predicted octanol–water partition coefficient (Wildman–Crippen LogP) is 4.42. The van der Waals surface area contributed by atoms with Gasteiger partial charge < -0.3 is 14.6 Å². The smallest absolute Gasteiger partial charge is 0.269 e. The minimum Gasteiger partial charge on any atom is -0.490 e. The molecule has 4 rings (SSSR count). The molecule has 33 heavy (non-hydrogen) atoms. The van der Waals surface area contributed by atoms with Crippen molar-refractivity contribution in [1.29, 1.82) is 0 Å². The maximum Gasteiger partial charge on any atom is 0.269 e. The van der Waals surface area contributed by atoms with Crippen molar-refractivity contribution < 1.29 is 19.5 Å². The number of aliphatic hydroxyl groups excluding tert-OH is 1. The number of nitro benzene ring substituents is 1. The van der Waals surface area contributed by atoms with Crippen LogP contribution in [-0.4, -0.2) is 37.0 Å². The topological polar surface area (TPSA) is 113 Å². The summed E-state index contributed by atoms with van der Waals surface area (Å²) in [6, 6.07) is 9.80. The quantitative estimate of drug-likeness (QED) is 0.399. The SMILES string of the molecule is CCCOc1cc(C(O)C(=Cc2ccc([N+](=O)[O-])cc2)n2cncn2)cc2c1OC(C)(C)C2. The molecule has 0 saturated heterocycles. The van der Waals surface area contributed by atoms with Crippen molar-refractivity contribution >= 4 is 17.5 Å². The third-order valence-electron chi connectivity index (χ3n) is 5.31. The van der Waals surface area contributed by atoms with E-state index in [2.05, 4.69) is 10.1 Å². The summed E-state index contributed by atoms with van der Waals surface area (Å²) in [5.74, 6) is 1.31. The minimum absolute atomic E-state index is 0.00560. The molecule has 1 aliphatic rings. The molecule has 0 radical (unpaired) electrons. The number of non-ortho nitro benzene ring substituents is 1. The highest BCUT2D eigenvalue weighted by atomic mass is 16.6. The zero-order valence-corrected chi connectivity index (χ0v) is 18.8. The van der Waals surface area contributed by atoms with E-state index < -0.39 is 11.0 Å². The number of benzene rings is 2. The first-order chi connectivity index (χ1) is 15.8. The third kappa shape index (κ3) is 4.88. The molecule has 172 valence electrons. The van der Waals surface area contributed by atoms with Crippen LogP contribution in [0.2, 0.25) is 0 Å². The molecule has 0 aliphatic carbocycles. The van der Waals surface area contributed by atoms with Crippen molar-refractivity contribution in [2.75, 3.05) is 6.61 Å². The van der Waals surface area contributed by atoms with Gasteiger partial charge in [0.1, 0.15) is 24.4 Å². The van der Waals surface area contributed by atoms with E-state index in [4.69, 9.17) is 9.47 Å². The Morgan fingerprint density at radius 1 is 1.36 bits per heavy atom. The number of aliphatic hydroxyl groups is 1. The number of rotatable bonds is 8. The Labute approximate surface area is 191 Å². The first-order valence-corrected chi connectivity index (χ1v) is 10.7. The first-order valence-electron chi connectivity index (χ1n) is 10.7. The second-order valence-electron chi connectivity index (χ2n) is 8.55. The predicted molar refractivity (Wildman–Crippen MR) is 123 cm³/mol. The molecule has 0 saturated carbocycles. The van der Waals surface area contributed by atoms with Crippen LogP contribution in [0.1, 0.15) is 50.0 Å². The summed E-state index contributed by atoms with van der Waals surface area (Å²) in [6.45, 7) is 6.59. The summed E-state index contributed by atoms with van der Waals surface area (Å²) in [6.07, 6.45) is 5.08. The van der Waals surface area contributed by atoms with Gasteiger partial charge in [-0.1, -0.05) is 6.92 Å². The lowest BCUT2D eigenvalue weighted by Gasteiger charge is -2.19. The lowest BCUT2D eigenvalue weighted by atomic mass is 9.96. The van der Waals surface area contributed by atoms with Crippen molar-refractivity contribution in [2.45, 2.75) is 45.3 Å². The zero-order valence-electron chi connectivity index (χ0n) is 18.8. The second-order valence-corrected chi connectivity index (χ2v) is 8.55. The standard InChI is InChI=1S/C24H26N4O5/c1-4-9-32-21-12-17(11-18-13-24(2,3)33-23(18)21)22(29)20(27-15-25-14-26-27)10-16-5-7-19(8-6-16)28(30)31/h5-8,10-12,14-15,22,29H,4,9,13H2,1-3H3. The Morgan fingerprint density at radius 2 is 2.12 bits per heavy atom. The summed E-state index contributed by atoms with van der Waals surface area (Å²) in [4.78, 5) is 14.5. The van der Waals surface area contributed by atoms with E-state index >= 15 is 0 Å². The van der Waals surface area contributed by atoms with E-state index in [1.807, 2.05) is 26.8 Å². The fourth-order valence-corrected chi connectivity index (χ4v) is 3.82. The molecule has 2 aromatic carbocycles. The highest BCUT2D eigenvalue weighted by molar-refractivity contribution is 5.74. The van der Waals surface area contributed by atoms with Crippen LogP contribution in [0.4, 0.5) is 5.69 Å². The van der Waals surface area contributed by atoms with Crippen LogP contribution in [0, 0.1) is 10.1 Å². The van der Waals surface area contributed by atoms with Crippen molar-refractivity contribution in [3.05, 3.63) is 75.9 Å². The molecule has 0 amide bonds. The molecule has 1 atom stereocenters. The molecule has 1 unspecified atom stereocenters. The molecule has 1 aliphatic heterocycles. The van der Waals surface area contributed by atoms with E-state index in [9.17, 15) is 15.2 Å². The highest BCUT2D eigenvalue weighted by Crippen LogP contribution is 2.44. The van der Waals surface area contributed by atoms with Crippen molar-refractivity contribution in [2.24, 2.45) is 0 Å². The summed E-state index contributed by atoms with van der Waals surface area (Å²) in [5.41, 5.74) is 2.35. The van der Waals surface area contributed by atoms with Crippen LogP contribution in [0.15, 0.2) is 49.1 Å². The van der Waals surface area contributed by atoms with Gasteiger partial charge in [0.25, 0.3) is 5.69 Å². The fourth-order valence-electron chi connectivity index (χ4n) is 3.82. The summed E-state index contributed by atoms with van der Waals surface area (Å²) >= 11 is 0.